The summed E-state index contributed by atoms with van der Waals surface area (Å²) in [6, 6.07) is 28.2. The molecule has 0 radical (unpaired) electrons. The summed E-state index contributed by atoms with van der Waals surface area (Å²) in [4.78, 5) is 39.4. The molecule has 0 bridgehead atoms. The number of nitrogens with one attached hydrogen (secondary N) is 2. The molecule has 0 fully saturated rings. The van der Waals surface area contributed by atoms with Crippen LogP contribution >= 0.6 is 35.0 Å². The number of Topliss-reactive ketones (excluding diaryl/α,β-unsaturated/α-hetero) is 1. The average Bonchev–Trinajstić information content (AvgIpc) is 2.95. The lowest BCUT2D eigenvalue weighted by atomic mass is 10.1. The molecule has 4 aromatic carbocycles. The lowest BCUT2D eigenvalue weighted by molar-refractivity contribution is -0.113. The van der Waals surface area contributed by atoms with Crippen LogP contribution < -0.4 is 10.6 Å². The van der Waals surface area contributed by atoms with E-state index in [2.05, 4.69) is 10.6 Å². The van der Waals surface area contributed by atoms with Crippen LogP contribution in [0, 0.1) is 6.92 Å². The van der Waals surface area contributed by atoms with Crippen LogP contribution in [-0.4, -0.2) is 23.4 Å². The Hall–Kier alpha value is -3.84. The molecule has 196 valence electrons. The summed E-state index contributed by atoms with van der Waals surface area (Å²) in [5, 5.41) is 6.07. The minimum atomic E-state index is -0.537. The second-order valence-corrected chi connectivity index (χ2v) is 10.4. The normalized spacial score (nSPS) is 11.1. The van der Waals surface area contributed by atoms with Crippen molar-refractivity contribution in [3.05, 3.63) is 135 Å². The number of rotatable bonds is 9. The summed E-state index contributed by atoms with van der Waals surface area (Å²) < 4.78 is 0. The summed E-state index contributed by atoms with van der Waals surface area (Å²) in [7, 11) is 0. The van der Waals surface area contributed by atoms with Crippen molar-refractivity contribution in [2.45, 2.75) is 11.8 Å². The molecular formula is C31H24Cl2N2O3S. The average molecular weight is 576 g/mol. The van der Waals surface area contributed by atoms with Crippen LogP contribution in [0.1, 0.15) is 31.8 Å². The van der Waals surface area contributed by atoms with Crippen LogP contribution in [-0.2, 0) is 4.79 Å². The molecular weight excluding hydrogens is 551 g/mol. The van der Waals surface area contributed by atoms with Gasteiger partial charge in [0.2, 0.25) is 0 Å². The van der Waals surface area contributed by atoms with Gasteiger partial charge in [-0.25, -0.2) is 0 Å². The van der Waals surface area contributed by atoms with Gasteiger partial charge in [0.05, 0.1) is 15.8 Å². The van der Waals surface area contributed by atoms with Gasteiger partial charge < -0.3 is 10.6 Å². The van der Waals surface area contributed by atoms with Gasteiger partial charge in [-0.1, -0.05) is 83.4 Å². The van der Waals surface area contributed by atoms with E-state index in [-0.39, 0.29) is 16.5 Å². The van der Waals surface area contributed by atoms with Gasteiger partial charge >= 0.3 is 0 Å². The van der Waals surface area contributed by atoms with Crippen molar-refractivity contribution in [1.82, 2.24) is 5.32 Å². The predicted molar refractivity (Wildman–Crippen MR) is 160 cm³/mol. The zero-order chi connectivity index (χ0) is 27.8. The number of carbonyl (C=O) groups excluding carboxylic acids is 3. The Bertz CT molecular complexity index is 1520. The molecule has 2 amide bonds. The number of carbonyl (C=O) groups is 3. The Balaban J connectivity index is 1.47. The molecule has 4 aromatic rings. The summed E-state index contributed by atoms with van der Waals surface area (Å²) in [6.07, 6.45) is 1.48. The first-order valence-corrected chi connectivity index (χ1v) is 13.7. The Morgan fingerprint density at radius 1 is 0.795 bits per heavy atom. The zero-order valence-corrected chi connectivity index (χ0v) is 23.2. The number of halogens is 2. The van der Waals surface area contributed by atoms with Crippen LogP contribution in [0.25, 0.3) is 6.08 Å². The Kier molecular flexibility index (Phi) is 9.60. The third-order valence-corrected chi connectivity index (χ3v) is 7.51. The van der Waals surface area contributed by atoms with Gasteiger partial charge in [0.25, 0.3) is 11.8 Å². The molecule has 0 heterocycles. The van der Waals surface area contributed by atoms with Crippen LogP contribution in [0.5, 0.6) is 0 Å². The maximum atomic E-state index is 13.2. The van der Waals surface area contributed by atoms with Crippen molar-refractivity contribution >= 4 is 64.3 Å². The van der Waals surface area contributed by atoms with Gasteiger partial charge in [-0.2, -0.15) is 0 Å². The standard InChI is InChI=1S/C31H24Cl2N2O3S/c1-20-10-12-21(13-11-20)28(36)19-39-25-16-14-24(15-17-25)34-31(38)27(18-23-8-5-9-26(32)29(23)33)35-30(37)22-6-3-2-4-7-22/h2-18H,19H2,1H3,(H,34,38)(H,35,37)/b27-18-. The van der Waals surface area contributed by atoms with Crippen molar-refractivity contribution < 1.29 is 14.4 Å². The number of amides is 2. The number of anilines is 1. The second kappa shape index (κ2) is 13.3. The van der Waals surface area contributed by atoms with E-state index in [1.807, 2.05) is 43.3 Å². The fourth-order valence-electron chi connectivity index (χ4n) is 3.53. The molecule has 0 unspecified atom stereocenters. The minimum Gasteiger partial charge on any atom is -0.321 e. The molecule has 0 aliphatic carbocycles. The molecule has 0 saturated heterocycles. The van der Waals surface area contributed by atoms with E-state index in [1.54, 1.807) is 60.7 Å². The van der Waals surface area contributed by atoms with E-state index in [0.29, 0.717) is 33.2 Å². The molecule has 5 nitrogen and oxygen atoms in total. The summed E-state index contributed by atoms with van der Waals surface area (Å²) in [5.74, 6) is -0.639. The van der Waals surface area contributed by atoms with Gasteiger partial charge in [-0.15, -0.1) is 11.8 Å². The molecule has 0 aromatic heterocycles. The first kappa shape index (κ1) is 28.2. The maximum Gasteiger partial charge on any atom is 0.272 e. The summed E-state index contributed by atoms with van der Waals surface area (Å²) in [6.45, 7) is 1.98. The number of benzene rings is 4. The smallest absolute Gasteiger partial charge is 0.272 e. The second-order valence-electron chi connectivity index (χ2n) is 8.58. The van der Waals surface area contributed by atoms with Gasteiger partial charge in [0.15, 0.2) is 5.78 Å². The molecule has 8 heteroatoms. The third kappa shape index (κ3) is 7.83. The number of ketones is 1. The Labute approximate surface area is 241 Å². The summed E-state index contributed by atoms with van der Waals surface area (Å²) in [5.41, 5.74) is 3.17. The molecule has 0 spiro atoms. The van der Waals surface area contributed by atoms with E-state index in [0.717, 1.165) is 10.5 Å². The van der Waals surface area contributed by atoms with Gasteiger partial charge in [-0.3, -0.25) is 14.4 Å². The van der Waals surface area contributed by atoms with Crippen LogP contribution in [0.4, 0.5) is 5.69 Å². The fraction of sp³-hybridized carbons (Fsp3) is 0.0645. The molecule has 39 heavy (non-hydrogen) atoms. The highest BCUT2D eigenvalue weighted by Crippen LogP contribution is 2.27. The van der Waals surface area contributed by atoms with E-state index in [9.17, 15) is 14.4 Å². The van der Waals surface area contributed by atoms with Crippen molar-refractivity contribution in [2.75, 3.05) is 11.1 Å². The topological polar surface area (TPSA) is 75.3 Å². The largest absolute Gasteiger partial charge is 0.321 e. The Morgan fingerprint density at radius 3 is 2.18 bits per heavy atom. The Morgan fingerprint density at radius 2 is 1.49 bits per heavy atom. The molecule has 0 atom stereocenters. The van der Waals surface area contributed by atoms with E-state index in [4.69, 9.17) is 23.2 Å². The molecule has 0 saturated carbocycles. The molecule has 0 aliphatic heterocycles. The van der Waals surface area contributed by atoms with Crippen LogP contribution in [0.15, 0.2) is 108 Å². The molecule has 4 rings (SSSR count). The van der Waals surface area contributed by atoms with E-state index in [1.165, 1.54) is 17.8 Å². The molecule has 2 N–H and O–H groups in total. The highest BCUT2D eigenvalue weighted by molar-refractivity contribution is 8.00. The fourth-order valence-corrected chi connectivity index (χ4v) is 4.69. The highest BCUT2D eigenvalue weighted by atomic mass is 35.5. The van der Waals surface area contributed by atoms with Gasteiger partial charge in [0.1, 0.15) is 5.70 Å². The molecule has 0 aliphatic rings. The summed E-state index contributed by atoms with van der Waals surface area (Å²) >= 11 is 13.9. The van der Waals surface area contributed by atoms with Crippen molar-refractivity contribution in [3.63, 3.8) is 0 Å². The first-order chi connectivity index (χ1) is 18.8. The van der Waals surface area contributed by atoms with Gasteiger partial charge in [-0.05, 0) is 61.0 Å². The van der Waals surface area contributed by atoms with Crippen LogP contribution in [0.2, 0.25) is 10.0 Å². The van der Waals surface area contributed by atoms with E-state index >= 15 is 0 Å². The van der Waals surface area contributed by atoms with Crippen LogP contribution in [0.3, 0.4) is 0 Å². The predicted octanol–water partition coefficient (Wildman–Crippen LogP) is 7.69. The number of hydrogen-bond acceptors (Lipinski definition) is 4. The quantitative estimate of drug-likeness (QED) is 0.122. The maximum absolute atomic E-state index is 13.2. The zero-order valence-electron chi connectivity index (χ0n) is 20.9. The van der Waals surface area contributed by atoms with Crippen molar-refractivity contribution in [2.24, 2.45) is 0 Å². The monoisotopic (exact) mass is 574 g/mol. The van der Waals surface area contributed by atoms with E-state index < -0.39 is 11.8 Å². The lowest BCUT2D eigenvalue weighted by Gasteiger charge is -2.12. The van der Waals surface area contributed by atoms with Gasteiger partial charge in [0, 0.05) is 21.7 Å². The third-order valence-electron chi connectivity index (χ3n) is 5.67. The first-order valence-electron chi connectivity index (χ1n) is 12.0. The number of aryl methyl sites for hydroxylation is 1. The minimum absolute atomic E-state index is 0.00448. The lowest BCUT2D eigenvalue weighted by Crippen LogP contribution is -2.30. The van der Waals surface area contributed by atoms with Crippen molar-refractivity contribution in [1.29, 1.82) is 0 Å². The van der Waals surface area contributed by atoms with Crippen molar-refractivity contribution in [3.8, 4) is 0 Å². The number of thioether (sulfide) groups is 1. The highest BCUT2D eigenvalue weighted by Gasteiger charge is 2.16. The number of hydrogen-bond donors (Lipinski definition) is 2. The SMILES string of the molecule is Cc1ccc(C(=O)CSc2ccc(NC(=O)/C(=C/c3cccc(Cl)c3Cl)NC(=O)c3ccccc3)cc2)cc1.